The van der Waals surface area contributed by atoms with Crippen LogP contribution < -0.4 is 5.32 Å². The fourth-order valence-corrected chi connectivity index (χ4v) is 1.48. The highest BCUT2D eigenvalue weighted by Gasteiger charge is 2.08. The fourth-order valence-electron chi connectivity index (χ4n) is 1.48. The van der Waals surface area contributed by atoms with E-state index in [0.29, 0.717) is 24.3 Å². The van der Waals surface area contributed by atoms with Gasteiger partial charge in [0.2, 0.25) is 0 Å². The second kappa shape index (κ2) is 8.30. The Bertz CT molecular complexity index is 472. The first kappa shape index (κ1) is 15.2. The first-order chi connectivity index (χ1) is 9.15. The van der Waals surface area contributed by atoms with Gasteiger partial charge in [0.05, 0.1) is 18.3 Å². The third-order valence-corrected chi connectivity index (χ3v) is 2.31. The number of nitrogens with one attached hydrogen (secondary N) is 1. The molecule has 4 heteroatoms. The van der Waals surface area contributed by atoms with E-state index in [2.05, 4.69) is 17.2 Å². The lowest BCUT2D eigenvalue weighted by atomic mass is 10.1. The van der Waals surface area contributed by atoms with E-state index >= 15 is 0 Å². The van der Waals surface area contributed by atoms with Crippen LogP contribution in [0.5, 0.6) is 0 Å². The predicted octanol–water partition coefficient (Wildman–Crippen LogP) is 1.19. The van der Waals surface area contributed by atoms with Gasteiger partial charge in [0, 0.05) is 12.1 Å². The zero-order valence-corrected chi connectivity index (χ0v) is 11.3. The Labute approximate surface area is 113 Å². The molecular formula is C15H19NO3. The molecule has 0 unspecified atom stereocenters. The van der Waals surface area contributed by atoms with Crippen molar-refractivity contribution in [1.29, 1.82) is 0 Å². The Morgan fingerprint density at radius 3 is 2.84 bits per heavy atom. The second-order valence-electron chi connectivity index (χ2n) is 4.18. The molecule has 102 valence electrons. The minimum atomic E-state index is -0.224. The number of carbonyl (C=O) groups is 1. The summed E-state index contributed by atoms with van der Waals surface area (Å²) in [6, 6.07) is 7.05. The summed E-state index contributed by atoms with van der Waals surface area (Å²) in [4.78, 5) is 12.0. The third kappa shape index (κ3) is 5.56. The summed E-state index contributed by atoms with van der Waals surface area (Å²) in [5, 5.41) is 11.5. The van der Waals surface area contributed by atoms with Crippen LogP contribution in [0.1, 0.15) is 29.8 Å². The highest BCUT2D eigenvalue weighted by molar-refractivity contribution is 5.96. The molecule has 1 aromatic rings. The maximum atomic E-state index is 12.0. The number of benzene rings is 1. The van der Waals surface area contributed by atoms with Crippen molar-refractivity contribution in [2.75, 3.05) is 19.8 Å². The summed E-state index contributed by atoms with van der Waals surface area (Å²) < 4.78 is 5.35. The van der Waals surface area contributed by atoms with Gasteiger partial charge in [0.15, 0.2) is 0 Å². The van der Waals surface area contributed by atoms with E-state index in [1.165, 1.54) is 0 Å². The van der Waals surface area contributed by atoms with E-state index in [1.807, 2.05) is 13.8 Å². The highest BCUT2D eigenvalue weighted by Crippen LogP contribution is 2.06. The summed E-state index contributed by atoms with van der Waals surface area (Å²) in [6.45, 7) is 4.61. The number of amides is 1. The van der Waals surface area contributed by atoms with Gasteiger partial charge in [-0.1, -0.05) is 24.0 Å². The number of ether oxygens (including phenoxy) is 1. The van der Waals surface area contributed by atoms with Crippen LogP contribution in [0.15, 0.2) is 24.3 Å². The molecule has 0 heterocycles. The Morgan fingerprint density at radius 2 is 2.16 bits per heavy atom. The molecule has 4 nitrogen and oxygen atoms in total. The molecule has 0 saturated carbocycles. The van der Waals surface area contributed by atoms with E-state index in [9.17, 15) is 4.79 Å². The van der Waals surface area contributed by atoms with Gasteiger partial charge in [-0.05, 0) is 26.0 Å². The molecular weight excluding hydrogens is 242 g/mol. The summed E-state index contributed by atoms with van der Waals surface area (Å²) in [5.74, 6) is 5.12. The molecule has 0 saturated heterocycles. The number of aliphatic hydroxyl groups is 1. The van der Waals surface area contributed by atoms with Gasteiger partial charge in [-0.25, -0.2) is 0 Å². The van der Waals surface area contributed by atoms with Crippen LogP contribution in [0.2, 0.25) is 0 Å². The molecule has 0 aliphatic carbocycles. The molecule has 0 atom stereocenters. The number of carbonyl (C=O) groups excluding carboxylic acids is 1. The monoisotopic (exact) mass is 261 g/mol. The molecule has 0 bridgehead atoms. The Kier molecular flexibility index (Phi) is 6.65. The number of aliphatic hydroxyl groups excluding tert-OH is 1. The molecule has 19 heavy (non-hydrogen) atoms. The fraction of sp³-hybridized carbons (Fsp3) is 0.400. The highest BCUT2D eigenvalue weighted by atomic mass is 16.5. The van der Waals surface area contributed by atoms with Crippen LogP contribution in [0.3, 0.4) is 0 Å². The SMILES string of the molecule is CC(C)OCCNC(=O)c1ccccc1C#CCO. The topological polar surface area (TPSA) is 58.6 Å². The van der Waals surface area contributed by atoms with Crippen molar-refractivity contribution < 1.29 is 14.6 Å². The molecule has 0 spiro atoms. The summed E-state index contributed by atoms with van der Waals surface area (Å²) >= 11 is 0. The first-order valence-corrected chi connectivity index (χ1v) is 6.23. The van der Waals surface area contributed by atoms with Crippen LogP contribution in [0.4, 0.5) is 0 Å². The van der Waals surface area contributed by atoms with Crippen molar-refractivity contribution in [3.05, 3.63) is 35.4 Å². The van der Waals surface area contributed by atoms with Crippen molar-refractivity contribution in [3.8, 4) is 11.8 Å². The summed E-state index contributed by atoms with van der Waals surface area (Å²) in [5.41, 5.74) is 1.12. The lowest BCUT2D eigenvalue weighted by Crippen LogP contribution is -2.28. The minimum absolute atomic E-state index is 0.152. The first-order valence-electron chi connectivity index (χ1n) is 6.23. The number of hydrogen-bond donors (Lipinski definition) is 2. The molecule has 0 aliphatic heterocycles. The molecule has 1 amide bonds. The standard InChI is InChI=1S/C15H19NO3/c1-12(2)19-11-9-16-15(18)14-8-4-3-6-13(14)7-5-10-17/h3-4,6,8,12,17H,9-11H2,1-2H3,(H,16,18). The van der Waals surface area contributed by atoms with Crippen LogP contribution in [-0.2, 0) is 4.74 Å². The second-order valence-corrected chi connectivity index (χ2v) is 4.18. The molecule has 1 rings (SSSR count). The molecule has 1 aromatic carbocycles. The van der Waals surface area contributed by atoms with Crippen LogP contribution in [-0.4, -0.2) is 36.9 Å². The predicted molar refractivity (Wildman–Crippen MR) is 73.8 cm³/mol. The zero-order valence-electron chi connectivity index (χ0n) is 11.3. The van der Waals surface area contributed by atoms with E-state index in [0.717, 1.165) is 0 Å². The normalized spacial score (nSPS) is 9.89. The molecule has 0 aliphatic rings. The maximum absolute atomic E-state index is 12.0. The average molecular weight is 261 g/mol. The average Bonchev–Trinajstić information content (AvgIpc) is 2.41. The van der Waals surface area contributed by atoms with Gasteiger partial charge < -0.3 is 15.2 Å². The van der Waals surface area contributed by atoms with Gasteiger partial charge in [0.25, 0.3) is 5.91 Å². The zero-order chi connectivity index (χ0) is 14.1. The van der Waals surface area contributed by atoms with Crippen molar-refractivity contribution in [3.63, 3.8) is 0 Å². The van der Waals surface area contributed by atoms with Crippen molar-refractivity contribution in [1.82, 2.24) is 5.32 Å². The lowest BCUT2D eigenvalue weighted by Gasteiger charge is -2.09. The Hall–Kier alpha value is -1.83. The Balaban J connectivity index is 2.61. The largest absolute Gasteiger partial charge is 0.384 e. The van der Waals surface area contributed by atoms with Gasteiger partial charge >= 0.3 is 0 Å². The number of rotatable bonds is 5. The van der Waals surface area contributed by atoms with Crippen LogP contribution in [0, 0.1) is 11.8 Å². The van der Waals surface area contributed by atoms with Gasteiger partial charge in [0.1, 0.15) is 6.61 Å². The van der Waals surface area contributed by atoms with Gasteiger partial charge in [-0.15, -0.1) is 0 Å². The molecule has 2 N–H and O–H groups in total. The summed E-state index contributed by atoms with van der Waals surface area (Å²) in [6.07, 6.45) is 0.152. The minimum Gasteiger partial charge on any atom is -0.384 e. The smallest absolute Gasteiger partial charge is 0.252 e. The van der Waals surface area contributed by atoms with Crippen molar-refractivity contribution in [2.24, 2.45) is 0 Å². The summed E-state index contributed by atoms with van der Waals surface area (Å²) in [7, 11) is 0. The third-order valence-electron chi connectivity index (χ3n) is 2.31. The van der Waals surface area contributed by atoms with E-state index in [4.69, 9.17) is 9.84 Å². The van der Waals surface area contributed by atoms with Crippen LogP contribution in [0.25, 0.3) is 0 Å². The van der Waals surface area contributed by atoms with Crippen molar-refractivity contribution in [2.45, 2.75) is 20.0 Å². The molecule has 0 fully saturated rings. The lowest BCUT2D eigenvalue weighted by molar-refractivity contribution is 0.0746. The quantitative estimate of drug-likeness (QED) is 0.618. The molecule has 0 radical (unpaired) electrons. The van der Waals surface area contributed by atoms with E-state index < -0.39 is 0 Å². The Morgan fingerprint density at radius 1 is 1.42 bits per heavy atom. The van der Waals surface area contributed by atoms with Gasteiger partial charge in [-0.2, -0.15) is 0 Å². The van der Waals surface area contributed by atoms with Crippen molar-refractivity contribution >= 4 is 5.91 Å². The number of hydrogen-bond acceptors (Lipinski definition) is 3. The van der Waals surface area contributed by atoms with E-state index in [-0.39, 0.29) is 18.6 Å². The van der Waals surface area contributed by atoms with Crippen LogP contribution >= 0.6 is 0 Å². The van der Waals surface area contributed by atoms with Gasteiger partial charge in [-0.3, -0.25) is 4.79 Å². The van der Waals surface area contributed by atoms with E-state index in [1.54, 1.807) is 24.3 Å². The maximum Gasteiger partial charge on any atom is 0.252 e. The molecule has 0 aromatic heterocycles.